The van der Waals surface area contributed by atoms with E-state index in [1.807, 2.05) is 0 Å². The van der Waals surface area contributed by atoms with Gasteiger partial charge < -0.3 is 19.7 Å². The Morgan fingerprint density at radius 1 is 1.36 bits per heavy atom. The molecule has 2 amide bonds. The number of amides is 2. The molecule has 0 unspecified atom stereocenters. The van der Waals surface area contributed by atoms with E-state index in [9.17, 15) is 18.0 Å². The van der Waals surface area contributed by atoms with Crippen molar-refractivity contribution in [2.24, 2.45) is 0 Å². The standard InChI is InChI=1S/C13H12F3N3O3/c14-13(15,16)22-11-2-1-10(7-9(11)8-17)18-12(20)19-3-5-21-6-4-19/h1-2,7H,3-6H2,(H,18,20). The summed E-state index contributed by atoms with van der Waals surface area (Å²) in [5.74, 6) is -0.612. The van der Waals surface area contributed by atoms with Crippen LogP contribution in [-0.2, 0) is 4.74 Å². The van der Waals surface area contributed by atoms with Crippen LogP contribution in [0, 0.1) is 11.3 Å². The van der Waals surface area contributed by atoms with Crippen LogP contribution >= 0.6 is 0 Å². The van der Waals surface area contributed by atoms with E-state index < -0.39 is 18.1 Å². The Morgan fingerprint density at radius 3 is 2.64 bits per heavy atom. The van der Waals surface area contributed by atoms with Crippen LogP contribution in [-0.4, -0.2) is 43.6 Å². The summed E-state index contributed by atoms with van der Waals surface area (Å²) < 4.78 is 45.4. The second-order valence-corrected chi connectivity index (χ2v) is 4.40. The van der Waals surface area contributed by atoms with Crippen LogP contribution in [0.3, 0.4) is 0 Å². The van der Waals surface area contributed by atoms with Crippen molar-refractivity contribution in [2.75, 3.05) is 31.6 Å². The number of urea groups is 1. The van der Waals surface area contributed by atoms with Gasteiger partial charge in [0.2, 0.25) is 0 Å². The molecular weight excluding hydrogens is 303 g/mol. The fourth-order valence-electron chi connectivity index (χ4n) is 1.88. The van der Waals surface area contributed by atoms with Gasteiger partial charge in [-0.05, 0) is 18.2 Å². The predicted molar refractivity (Wildman–Crippen MR) is 69.3 cm³/mol. The minimum Gasteiger partial charge on any atom is -0.404 e. The fourth-order valence-corrected chi connectivity index (χ4v) is 1.88. The molecule has 1 fully saturated rings. The lowest BCUT2D eigenvalue weighted by molar-refractivity contribution is -0.274. The Kier molecular flexibility index (Phi) is 4.72. The number of nitriles is 1. The summed E-state index contributed by atoms with van der Waals surface area (Å²) in [5.41, 5.74) is -0.111. The van der Waals surface area contributed by atoms with Crippen molar-refractivity contribution in [2.45, 2.75) is 6.36 Å². The van der Waals surface area contributed by atoms with Gasteiger partial charge in [0.05, 0.1) is 18.8 Å². The minimum absolute atomic E-state index is 0.211. The first-order chi connectivity index (χ1) is 10.4. The molecule has 1 saturated heterocycles. The van der Waals surface area contributed by atoms with Gasteiger partial charge in [-0.15, -0.1) is 13.2 Å². The summed E-state index contributed by atoms with van der Waals surface area (Å²) in [6.45, 7) is 1.70. The summed E-state index contributed by atoms with van der Waals surface area (Å²) in [6.07, 6.45) is -4.88. The number of benzene rings is 1. The second-order valence-electron chi connectivity index (χ2n) is 4.40. The van der Waals surface area contributed by atoms with Crippen LogP contribution in [0.1, 0.15) is 5.56 Å². The maximum absolute atomic E-state index is 12.2. The molecule has 1 N–H and O–H groups in total. The molecule has 6 nitrogen and oxygen atoms in total. The lowest BCUT2D eigenvalue weighted by Gasteiger charge is -2.27. The first kappa shape index (κ1) is 15.9. The highest BCUT2D eigenvalue weighted by Crippen LogP contribution is 2.28. The third-order valence-electron chi connectivity index (χ3n) is 2.88. The number of hydrogen-bond acceptors (Lipinski definition) is 4. The van der Waals surface area contributed by atoms with E-state index in [1.54, 1.807) is 6.07 Å². The molecule has 1 heterocycles. The Morgan fingerprint density at radius 2 is 2.05 bits per heavy atom. The Bertz CT molecular complexity index is 592. The third-order valence-corrected chi connectivity index (χ3v) is 2.88. The number of halogens is 3. The predicted octanol–water partition coefficient (Wildman–Crippen LogP) is 2.32. The zero-order valence-corrected chi connectivity index (χ0v) is 11.3. The number of hydrogen-bond donors (Lipinski definition) is 1. The zero-order valence-electron chi connectivity index (χ0n) is 11.3. The highest BCUT2D eigenvalue weighted by molar-refractivity contribution is 5.89. The smallest absolute Gasteiger partial charge is 0.404 e. The Hall–Kier alpha value is -2.47. The first-order valence-corrected chi connectivity index (χ1v) is 6.32. The molecule has 0 aromatic heterocycles. The first-order valence-electron chi connectivity index (χ1n) is 6.32. The van der Waals surface area contributed by atoms with Gasteiger partial charge in [0.15, 0.2) is 0 Å². The average molecular weight is 315 g/mol. The number of anilines is 1. The summed E-state index contributed by atoms with van der Waals surface area (Å²) in [5, 5.41) is 11.4. The number of nitrogens with zero attached hydrogens (tertiary/aromatic N) is 2. The van der Waals surface area contributed by atoms with Crippen molar-refractivity contribution < 1.29 is 27.4 Å². The molecule has 1 aromatic carbocycles. The van der Waals surface area contributed by atoms with Gasteiger partial charge in [0.25, 0.3) is 0 Å². The number of carbonyl (C=O) groups excluding carboxylic acids is 1. The van der Waals surface area contributed by atoms with E-state index in [0.717, 1.165) is 12.1 Å². The zero-order chi connectivity index (χ0) is 16.2. The molecule has 0 bridgehead atoms. The quantitative estimate of drug-likeness (QED) is 0.909. The number of alkyl halides is 3. The van der Waals surface area contributed by atoms with Gasteiger partial charge in [0.1, 0.15) is 11.8 Å². The van der Waals surface area contributed by atoms with Gasteiger partial charge in [-0.3, -0.25) is 0 Å². The second kappa shape index (κ2) is 6.53. The monoisotopic (exact) mass is 315 g/mol. The molecule has 1 aliphatic rings. The van der Waals surface area contributed by atoms with Crippen LogP contribution < -0.4 is 10.1 Å². The lowest BCUT2D eigenvalue weighted by Crippen LogP contribution is -2.43. The number of rotatable bonds is 2. The van der Waals surface area contributed by atoms with Gasteiger partial charge in [-0.2, -0.15) is 5.26 Å². The Labute approximate surface area is 124 Å². The third kappa shape index (κ3) is 4.26. The Balaban J connectivity index is 2.09. The van der Waals surface area contributed by atoms with Gasteiger partial charge >= 0.3 is 12.4 Å². The van der Waals surface area contributed by atoms with Crippen molar-refractivity contribution in [3.63, 3.8) is 0 Å². The normalized spacial score (nSPS) is 15.1. The van der Waals surface area contributed by atoms with E-state index in [1.165, 1.54) is 11.0 Å². The van der Waals surface area contributed by atoms with Crippen molar-refractivity contribution in [1.29, 1.82) is 5.26 Å². The van der Waals surface area contributed by atoms with E-state index in [-0.39, 0.29) is 11.3 Å². The van der Waals surface area contributed by atoms with Crippen LogP contribution in [0.5, 0.6) is 5.75 Å². The van der Waals surface area contributed by atoms with Crippen LogP contribution in [0.4, 0.5) is 23.7 Å². The van der Waals surface area contributed by atoms with Gasteiger partial charge in [0, 0.05) is 18.8 Å². The summed E-state index contributed by atoms with van der Waals surface area (Å²) in [6, 6.07) is 4.54. The van der Waals surface area contributed by atoms with Crippen molar-refractivity contribution in [3.05, 3.63) is 23.8 Å². The van der Waals surface area contributed by atoms with Crippen LogP contribution in [0.15, 0.2) is 18.2 Å². The number of carbonyl (C=O) groups is 1. The molecule has 0 saturated carbocycles. The molecule has 0 radical (unpaired) electrons. The molecular formula is C13H12F3N3O3. The molecule has 1 aliphatic heterocycles. The van der Waals surface area contributed by atoms with E-state index >= 15 is 0 Å². The topological polar surface area (TPSA) is 74.6 Å². The average Bonchev–Trinajstić information content (AvgIpc) is 2.48. The summed E-state index contributed by atoms with van der Waals surface area (Å²) in [7, 11) is 0. The van der Waals surface area contributed by atoms with Crippen LogP contribution in [0.2, 0.25) is 0 Å². The fraction of sp³-hybridized carbons (Fsp3) is 0.385. The summed E-state index contributed by atoms with van der Waals surface area (Å²) in [4.78, 5) is 13.5. The van der Waals surface area contributed by atoms with Gasteiger partial charge in [-0.25, -0.2) is 4.79 Å². The van der Waals surface area contributed by atoms with Crippen LogP contribution in [0.25, 0.3) is 0 Å². The highest BCUT2D eigenvalue weighted by atomic mass is 19.4. The molecule has 22 heavy (non-hydrogen) atoms. The molecule has 2 rings (SSSR count). The number of ether oxygens (including phenoxy) is 2. The number of nitrogens with one attached hydrogen (secondary N) is 1. The molecule has 118 valence electrons. The maximum atomic E-state index is 12.2. The largest absolute Gasteiger partial charge is 0.573 e. The van der Waals surface area contributed by atoms with Crippen molar-refractivity contribution in [3.8, 4) is 11.8 Å². The molecule has 0 spiro atoms. The SMILES string of the molecule is N#Cc1cc(NC(=O)N2CCOCC2)ccc1OC(F)(F)F. The van der Waals surface area contributed by atoms with E-state index in [2.05, 4.69) is 10.1 Å². The van der Waals surface area contributed by atoms with E-state index in [4.69, 9.17) is 10.00 Å². The number of morpholine rings is 1. The molecule has 9 heteroatoms. The van der Waals surface area contributed by atoms with E-state index in [0.29, 0.717) is 26.3 Å². The minimum atomic E-state index is -4.88. The van der Waals surface area contributed by atoms with Crippen molar-refractivity contribution in [1.82, 2.24) is 4.90 Å². The highest BCUT2D eigenvalue weighted by Gasteiger charge is 2.32. The van der Waals surface area contributed by atoms with Crippen molar-refractivity contribution >= 4 is 11.7 Å². The molecule has 0 aliphatic carbocycles. The van der Waals surface area contributed by atoms with Gasteiger partial charge in [-0.1, -0.05) is 0 Å². The lowest BCUT2D eigenvalue weighted by atomic mass is 10.2. The molecule has 1 aromatic rings. The maximum Gasteiger partial charge on any atom is 0.573 e. The summed E-state index contributed by atoms with van der Waals surface area (Å²) >= 11 is 0. The molecule has 0 atom stereocenters.